The Labute approximate surface area is 108 Å². The Morgan fingerprint density at radius 1 is 1.11 bits per heavy atom. The minimum Gasteiger partial charge on any atom is -0.481 e. The molecule has 1 rings (SSSR count). The average Bonchev–Trinajstić information content (AvgIpc) is 2.23. The summed E-state index contributed by atoms with van der Waals surface area (Å²) < 4.78 is 0. The Morgan fingerprint density at radius 2 is 1.67 bits per heavy atom. The van der Waals surface area contributed by atoms with Crippen molar-refractivity contribution in [3.05, 3.63) is 0 Å². The highest BCUT2D eigenvalue weighted by Gasteiger charge is 2.21. The first-order valence-electron chi connectivity index (χ1n) is 6.83. The van der Waals surface area contributed by atoms with Crippen molar-refractivity contribution in [1.82, 2.24) is 4.90 Å². The van der Waals surface area contributed by atoms with Gasteiger partial charge in [-0.1, -0.05) is 32.1 Å². The van der Waals surface area contributed by atoms with Gasteiger partial charge in [0.2, 0.25) is 5.91 Å². The number of hydrogen-bond acceptors (Lipinski definition) is 3. The van der Waals surface area contributed by atoms with E-state index in [1.807, 2.05) is 4.90 Å². The molecule has 18 heavy (non-hydrogen) atoms. The normalized spacial score (nSPS) is 18.3. The fourth-order valence-electron chi connectivity index (χ4n) is 2.63. The highest BCUT2D eigenvalue weighted by molar-refractivity contribution is 5.76. The predicted molar refractivity (Wildman–Crippen MR) is 69.1 cm³/mol. The molecular weight excluding hydrogens is 232 g/mol. The van der Waals surface area contributed by atoms with Crippen molar-refractivity contribution in [3.8, 4) is 0 Å². The molecule has 1 amide bonds. The zero-order chi connectivity index (χ0) is 13.4. The molecule has 0 aromatic carbocycles. The van der Waals surface area contributed by atoms with Gasteiger partial charge in [0.1, 0.15) is 0 Å². The number of carbonyl (C=O) groups excluding carboxylic acids is 1. The first-order chi connectivity index (χ1) is 8.59. The van der Waals surface area contributed by atoms with E-state index in [-0.39, 0.29) is 18.9 Å². The molecule has 1 saturated carbocycles. The summed E-state index contributed by atoms with van der Waals surface area (Å²) in [7, 11) is 0. The van der Waals surface area contributed by atoms with Crippen LogP contribution in [0.25, 0.3) is 0 Å². The fourth-order valence-corrected chi connectivity index (χ4v) is 2.63. The van der Waals surface area contributed by atoms with Crippen LogP contribution in [0, 0.1) is 0 Å². The number of amides is 1. The summed E-state index contributed by atoms with van der Waals surface area (Å²) in [5.41, 5.74) is 5.25. The molecule has 1 aliphatic carbocycles. The number of rotatable bonds is 6. The van der Waals surface area contributed by atoms with Crippen molar-refractivity contribution in [2.75, 3.05) is 13.1 Å². The van der Waals surface area contributed by atoms with Crippen molar-refractivity contribution >= 4 is 11.9 Å². The second-order valence-electron chi connectivity index (χ2n) is 5.08. The van der Waals surface area contributed by atoms with E-state index in [0.717, 1.165) is 25.7 Å². The Balaban J connectivity index is 2.53. The van der Waals surface area contributed by atoms with Crippen LogP contribution in [-0.2, 0) is 9.59 Å². The monoisotopic (exact) mass is 256 g/mol. The molecule has 104 valence electrons. The van der Waals surface area contributed by atoms with Gasteiger partial charge in [-0.05, 0) is 12.8 Å². The van der Waals surface area contributed by atoms with Crippen LogP contribution in [0.3, 0.4) is 0 Å². The quantitative estimate of drug-likeness (QED) is 0.751. The summed E-state index contributed by atoms with van der Waals surface area (Å²) in [5.74, 6) is -1.20. The van der Waals surface area contributed by atoms with Crippen LogP contribution < -0.4 is 5.73 Å². The van der Waals surface area contributed by atoms with Crippen molar-refractivity contribution < 1.29 is 14.7 Å². The van der Waals surface area contributed by atoms with Crippen LogP contribution in [-0.4, -0.2) is 41.0 Å². The maximum atomic E-state index is 11.1. The first-order valence-corrected chi connectivity index (χ1v) is 6.83. The topological polar surface area (TPSA) is 83.6 Å². The highest BCUT2D eigenvalue weighted by Crippen LogP contribution is 2.21. The molecule has 5 heteroatoms. The van der Waals surface area contributed by atoms with Gasteiger partial charge in [-0.15, -0.1) is 0 Å². The Kier molecular flexibility index (Phi) is 6.72. The smallest absolute Gasteiger partial charge is 0.304 e. The summed E-state index contributed by atoms with van der Waals surface area (Å²) in [6.07, 6.45) is 8.25. The lowest BCUT2D eigenvalue weighted by molar-refractivity contribution is -0.138. The summed E-state index contributed by atoms with van der Waals surface area (Å²) in [4.78, 5) is 23.7. The zero-order valence-electron chi connectivity index (χ0n) is 10.9. The van der Waals surface area contributed by atoms with Crippen LogP contribution >= 0.6 is 0 Å². The van der Waals surface area contributed by atoms with E-state index in [2.05, 4.69) is 0 Å². The number of aliphatic carboxylic acids is 1. The molecule has 0 aromatic heterocycles. The summed E-state index contributed by atoms with van der Waals surface area (Å²) >= 11 is 0. The standard InChI is InChI=1S/C13H24N2O3/c14-12(16)10-15(9-8-13(17)18)11-6-4-2-1-3-5-7-11/h11H,1-10H2,(H2,14,16)(H,17,18). The average molecular weight is 256 g/mol. The van der Waals surface area contributed by atoms with Crippen molar-refractivity contribution in [3.63, 3.8) is 0 Å². The maximum Gasteiger partial charge on any atom is 0.304 e. The minimum absolute atomic E-state index is 0.0732. The number of primary amides is 1. The molecule has 0 radical (unpaired) electrons. The van der Waals surface area contributed by atoms with Gasteiger partial charge in [0.15, 0.2) is 0 Å². The molecule has 0 heterocycles. The second kappa shape index (κ2) is 8.08. The molecule has 0 atom stereocenters. The lowest BCUT2D eigenvalue weighted by atomic mass is 9.95. The SMILES string of the molecule is NC(=O)CN(CCC(=O)O)C1CCCCCCC1. The number of carboxylic acids is 1. The lowest BCUT2D eigenvalue weighted by Gasteiger charge is -2.31. The van der Waals surface area contributed by atoms with E-state index in [9.17, 15) is 9.59 Å². The summed E-state index contributed by atoms with van der Waals surface area (Å²) in [6, 6.07) is 0.317. The molecule has 0 spiro atoms. The predicted octanol–water partition coefficient (Wildman–Crippen LogP) is 1.36. The third-order valence-corrected chi connectivity index (χ3v) is 3.56. The number of carboxylic acid groups (broad SMARTS) is 1. The number of carbonyl (C=O) groups is 2. The summed E-state index contributed by atoms with van der Waals surface area (Å²) in [5, 5.41) is 8.75. The molecule has 0 aromatic rings. The number of hydrogen-bond donors (Lipinski definition) is 2. The third-order valence-electron chi connectivity index (χ3n) is 3.56. The van der Waals surface area contributed by atoms with Crippen LogP contribution in [0.15, 0.2) is 0 Å². The maximum absolute atomic E-state index is 11.1. The Morgan fingerprint density at radius 3 is 2.17 bits per heavy atom. The van der Waals surface area contributed by atoms with E-state index in [4.69, 9.17) is 10.8 Å². The van der Waals surface area contributed by atoms with Gasteiger partial charge in [0.25, 0.3) is 0 Å². The van der Waals surface area contributed by atoms with E-state index >= 15 is 0 Å². The molecule has 1 fully saturated rings. The van der Waals surface area contributed by atoms with Crippen LogP contribution in [0.4, 0.5) is 0 Å². The molecule has 3 N–H and O–H groups in total. The highest BCUT2D eigenvalue weighted by atomic mass is 16.4. The molecule has 1 aliphatic rings. The van der Waals surface area contributed by atoms with E-state index < -0.39 is 5.97 Å². The van der Waals surface area contributed by atoms with Gasteiger partial charge in [-0.2, -0.15) is 0 Å². The first kappa shape index (κ1) is 15.0. The van der Waals surface area contributed by atoms with Crippen molar-refractivity contribution in [2.24, 2.45) is 5.73 Å². The largest absolute Gasteiger partial charge is 0.481 e. The van der Waals surface area contributed by atoms with Crippen LogP contribution in [0.1, 0.15) is 51.4 Å². The number of nitrogens with zero attached hydrogens (tertiary/aromatic N) is 1. The van der Waals surface area contributed by atoms with Gasteiger partial charge in [0, 0.05) is 12.6 Å². The molecule has 0 bridgehead atoms. The number of nitrogens with two attached hydrogens (primary N) is 1. The molecule has 0 unspecified atom stereocenters. The molecular formula is C13H24N2O3. The van der Waals surface area contributed by atoms with Crippen molar-refractivity contribution in [2.45, 2.75) is 57.4 Å². The van der Waals surface area contributed by atoms with Gasteiger partial charge in [-0.25, -0.2) is 0 Å². The lowest BCUT2D eigenvalue weighted by Crippen LogP contribution is -2.42. The zero-order valence-corrected chi connectivity index (χ0v) is 10.9. The molecule has 5 nitrogen and oxygen atoms in total. The van der Waals surface area contributed by atoms with E-state index in [1.165, 1.54) is 19.3 Å². The van der Waals surface area contributed by atoms with Gasteiger partial charge < -0.3 is 10.8 Å². The molecule has 0 saturated heterocycles. The second-order valence-corrected chi connectivity index (χ2v) is 5.08. The van der Waals surface area contributed by atoms with Crippen molar-refractivity contribution in [1.29, 1.82) is 0 Å². The Bertz CT molecular complexity index is 273. The van der Waals surface area contributed by atoms with Gasteiger partial charge in [-0.3, -0.25) is 14.5 Å². The molecule has 0 aliphatic heterocycles. The summed E-state index contributed by atoms with van der Waals surface area (Å²) in [6.45, 7) is 0.598. The van der Waals surface area contributed by atoms with E-state index in [1.54, 1.807) is 0 Å². The van der Waals surface area contributed by atoms with Gasteiger partial charge in [0.05, 0.1) is 13.0 Å². The third kappa shape index (κ3) is 6.00. The minimum atomic E-state index is -0.824. The van der Waals surface area contributed by atoms with Gasteiger partial charge >= 0.3 is 5.97 Å². The van der Waals surface area contributed by atoms with E-state index in [0.29, 0.717) is 12.6 Å². The Hall–Kier alpha value is -1.10. The fraction of sp³-hybridized carbons (Fsp3) is 0.846. The van der Waals surface area contributed by atoms with Crippen LogP contribution in [0.5, 0.6) is 0 Å². The van der Waals surface area contributed by atoms with Crippen LogP contribution in [0.2, 0.25) is 0 Å².